The molecule has 5 rings (SSSR count). The van der Waals surface area contributed by atoms with Crippen molar-refractivity contribution < 1.29 is 29.3 Å². The fraction of sp³-hybridized carbons (Fsp3) is 0.333. The lowest BCUT2D eigenvalue weighted by atomic mass is 9.82. The monoisotopic (exact) mass is 381 g/mol. The van der Waals surface area contributed by atoms with E-state index in [2.05, 4.69) is 0 Å². The second kappa shape index (κ2) is 6.13. The number of carbonyl (C=O) groups excluding carboxylic acids is 2. The Morgan fingerprint density at radius 1 is 1.04 bits per heavy atom. The molecule has 7 nitrogen and oxygen atoms in total. The maximum absolute atomic E-state index is 12.9. The van der Waals surface area contributed by atoms with Crippen LogP contribution < -0.4 is 5.73 Å². The minimum Gasteiger partial charge on any atom is -0.507 e. The standard InChI is InChI=1S/C21H19NO6/c22-13-6-10(7-16-21(13)28-16)27-8-9-4-12-18(15(24)5-9)20(26)17-11(19(12)25)2-1-3-14(17)23/h1-5,10,13,16,21,23-24H,6-8,22H2. The van der Waals surface area contributed by atoms with Crippen LogP contribution in [0.15, 0.2) is 30.3 Å². The van der Waals surface area contributed by atoms with Crippen molar-refractivity contribution in [1.82, 2.24) is 0 Å². The number of epoxide rings is 1. The molecule has 3 aliphatic rings. The normalized spacial score (nSPS) is 27.8. The second-order valence-corrected chi connectivity index (χ2v) is 7.60. The average molecular weight is 381 g/mol. The number of ether oxygens (including phenoxy) is 2. The van der Waals surface area contributed by atoms with Gasteiger partial charge in [0.1, 0.15) is 11.5 Å². The quantitative estimate of drug-likeness (QED) is 0.590. The molecule has 2 aromatic carbocycles. The van der Waals surface area contributed by atoms with Gasteiger partial charge >= 0.3 is 0 Å². The van der Waals surface area contributed by atoms with Gasteiger partial charge in [-0.25, -0.2) is 0 Å². The summed E-state index contributed by atoms with van der Waals surface area (Å²) in [5.74, 6) is -1.55. The number of fused-ring (bicyclic) bond motifs is 3. The van der Waals surface area contributed by atoms with Crippen LogP contribution in [0.5, 0.6) is 11.5 Å². The lowest BCUT2D eigenvalue weighted by Gasteiger charge is -2.24. The zero-order valence-corrected chi connectivity index (χ0v) is 14.9. The van der Waals surface area contributed by atoms with Gasteiger partial charge in [-0.15, -0.1) is 0 Å². The molecule has 1 aliphatic heterocycles. The molecule has 0 bridgehead atoms. The summed E-state index contributed by atoms with van der Waals surface area (Å²) in [6, 6.07) is 7.31. The molecule has 0 aromatic heterocycles. The molecular formula is C21H19NO6. The number of benzene rings is 2. The van der Waals surface area contributed by atoms with Gasteiger partial charge in [-0.05, 0) is 30.2 Å². The maximum Gasteiger partial charge on any atom is 0.201 e. The minimum absolute atomic E-state index is 0.0379. The van der Waals surface area contributed by atoms with Gasteiger partial charge in [0.05, 0.1) is 36.0 Å². The van der Waals surface area contributed by atoms with Crippen LogP contribution in [0.1, 0.15) is 50.2 Å². The maximum atomic E-state index is 12.9. The Morgan fingerprint density at radius 3 is 2.61 bits per heavy atom. The molecule has 2 aliphatic carbocycles. The molecular weight excluding hydrogens is 362 g/mol. The minimum atomic E-state index is -0.567. The molecule has 0 radical (unpaired) electrons. The van der Waals surface area contributed by atoms with Gasteiger partial charge in [0.25, 0.3) is 0 Å². The van der Waals surface area contributed by atoms with E-state index in [1.807, 2.05) is 0 Å². The molecule has 28 heavy (non-hydrogen) atoms. The Labute approximate surface area is 160 Å². The van der Waals surface area contributed by atoms with Crippen LogP contribution in [-0.4, -0.2) is 46.1 Å². The van der Waals surface area contributed by atoms with Gasteiger partial charge in [-0.3, -0.25) is 9.59 Å². The van der Waals surface area contributed by atoms with Gasteiger partial charge in [0, 0.05) is 23.6 Å². The number of nitrogens with two attached hydrogens (primary N) is 1. The average Bonchev–Trinajstić information content (AvgIpc) is 3.44. The summed E-state index contributed by atoms with van der Waals surface area (Å²) < 4.78 is 11.4. The van der Waals surface area contributed by atoms with E-state index in [0.29, 0.717) is 12.0 Å². The van der Waals surface area contributed by atoms with E-state index < -0.39 is 11.6 Å². The largest absolute Gasteiger partial charge is 0.507 e. The highest BCUT2D eigenvalue weighted by Gasteiger charge is 2.49. The fourth-order valence-electron chi connectivity index (χ4n) is 4.29. The van der Waals surface area contributed by atoms with Crippen molar-refractivity contribution in [2.45, 2.75) is 43.8 Å². The SMILES string of the molecule is NC1CC(OCc2cc(O)c3c(c2)C(=O)c2cccc(O)c2C3=O)CC2OC12. The third-order valence-corrected chi connectivity index (χ3v) is 5.72. The van der Waals surface area contributed by atoms with Crippen LogP contribution in [0.2, 0.25) is 0 Å². The van der Waals surface area contributed by atoms with Crippen LogP contribution in [0.25, 0.3) is 0 Å². The first-order valence-corrected chi connectivity index (χ1v) is 9.24. The molecule has 1 saturated carbocycles. The number of hydrogen-bond donors (Lipinski definition) is 3. The first-order chi connectivity index (χ1) is 13.4. The smallest absolute Gasteiger partial charge is 0.201 e. The van der Waals surface area contributed by atoms with Crippen molar-refractivity contribution in [2.24, 2.45) is 5.73 Å². The van der Waals surface area contributed by atoms with Crippen molar-refractivity contribution in [3.8, 4) is 11.5 Å². The number of aromatic hydroxyl groups is 2. The van der Waals surface area contributed by atoms with E-state index in [1.54, 1.807) is 6.07 Å². The molecule has 7 heteroatoms. The number of phenolic OH excluding ortho intramolecular Hbond substituents is 2. The number of hydrogen-bond acceptors (Lipinski definition) is 7. The van der Waals surface area contributed by atoms with Gasteiger partial charge in [0.2, 0.25) is 5.78 Å². The summed E-state index contributed by atoms with van der Waals surface area (Å²) in [5, 5.41) is 20.4. The first-order valence-electron chi connectivity index (χ1n) is 9.24. The number of carbonyl (C=O) groups is 2. The predicted octanol–water partition coefficient (Wildman–Crippen LogP) is 1.65. The fourth-order valence-corrected chi connectivity index (χ4v) is 4.29. The summed E-state index contributed by atoms with van der Waals surface area (Å²) in [7, 11) is 0. The third kappa shape index (κ3) is 2.63. The summed E-state index contributed by atoms with van der Waals surface area (Å²) in [6.07, 6.45) is 1.73. The molecule has 2 aromatic rings. The molecule has 1 heterocycles. The summed E-state index contributed by atoms with van der Waals surface area (Å²) >= 11 is 0. The van der Waals surface area contributed by atoms with Crippen LogP contribution in [0.4, 0.5) is 0 Å². The molecule has 4 atom stereocenters. The van der Waals surface area contributed by atoms with Gasteiger partial charge in [-0.2, -0.15) is 0 Å². The van der Waals surface area contributed by atoms with Gasteiger partial charge in [-0.1, -0.05) is 12.1 Å². The Bertz CT molecular complexity index is 1020. The number of ketones is 2. The van der Waals surface area contributed by atoms with E-state index in [4.69, 9.17) is 15.2 Å². The zero-order valence-electron chi connectivity index (χ0n) is 14.9. The molecule has 144 valence electrons. The molecule has 2 fully saturated rings. The molecule has 1 saturated heterocycles. The zero-order chi connectivity index (χ0) is 19.6. The van der Waals surface area contributed by atoms with Crippen molar-refractivity contribution >= 4 is 11.6 Å². The summed E-state index contributed by atoms with van der Waals surface area (Å²) in [4.78, 5) is 25.6. The van der Waals surface area contributed by atoms with Crippen molar-refractivity contribution in [2.75, 3.05) is 0 Å². The lowest BCUT2D eigenvalue weighted by Crippen LogP contribution is -2.38. The third-order valence-electron chi connectivity index (χ3n) is 5.72. The van der Waals surface area contributed by atoms with Gasteiger partial charge < -0.3 is 25.4 Å². The highest BCUT2D eigenvalue weighted by atomic mass is 16.6. The van der Waals surface area contributed by atoms with E-state index in [0.717, 1.165) is 6.42 Å². The number of rotatable bonds is 3. The van der Waals surface area contributed by atoms with Crippen LogP contribution in [0, 0.1) is 0 Å². The summed E-state index contributed by atoms with van der Waals surface area (Å²) in [6.45, 7) is 0.185. The summed E-state index contributed by atoms with van der Waals surface area (Å²) in [5.41, 5.74) is 6.72. The topological polar surface area (TPSA) is 122 Å². The van der Waals surface area contributed by atoms with Crippen LogP contribution in [-0.2, 0) is 16.1 Å². The highest BCUT2D eigenvalue weighted by Crippen LogP contribution is 2.39. The van der Waals surface area contributed by atoms with E-state index in [-0.39, 0.29) is 64.7 Å². The lowest BCUT2D eigenvalue weighted by molar-refractivity contribution is 0.0176. The molecule has 4 N–H and O–H groups in total. The Hall–Kier alpha value is -2.74. The Morgan fingerprint density at radius 2 is 1.82 bits per heavy atom. The van der Waals surface area contributed by atoms with Crippen molar-refractivity contribution in [3.05, 3.63) is 58.1 Å². The molecule has 0 spiro atoms. The highest BCUT2D eigenvalue weighted by molar-refractivity contribution is 6.30. The predicted molar refractivity (Wildman–Crippen MR) is 97.5 cm³/mol. The Balaban J connectivity index is 1.42. The first kappa shape index (κ1) is 17.4. The van der Waals surface area contributed by atoms with Crippen molar-refractivity contribution in [3.63, 3.8) is 0 Å². The van der Waals surface area contributed by atoms with Crippen LogP contribution in [0.3, 0.4) is 0 Å². The van der Waals surface area contributed by atoms with E-state index >= 15 is 0 Å². The molecule has 4 unspecified atom stereocenters. The number of phenols is 2. The second-order valence-electron chi connectivity index (χ2n) is 7.60. The van der Waals surface area contributed by atoms with Gasteiger partial charge in [0.15, 0.2) is 5.78 Å². The van der Waals surface area contributed by atoms with E-state index in [1.165, 1.54) is 24.3 Å². The van der Waals surface area contributed by atoms with Crippen LogP contribution >= 0.6 is 0 Å². The van der Waals surface area contributed by atoms with E-state index in [9.17, 15) is 19.8 Å². The van der Waals surface area contributed by atoms with Crippen molar-refractivity contribution in [1.29, 1.82) is 0 Å². The Kier molecular flexibility index (Phi) is 3.80. The molecule has 0 amide bonds.